The highest BCUT2D eigenvalue weighted by molar-refractivity contribution is 5.76. The molecule has 0 aliphatic rings. The predicted octanol–water partition coefficient (Wildman–Crippen LogP) is 4.16. The minimum Gasteiger partial charge on any atom is -0.302 e. The van der Waals surface area contributed by atoms with Gasteiger partial charge < -0.3 is 4.57 Å². The van der Waals surface area contributed by atoms with Crippen LogP contribution in [0.3, 0.4) is 0 Å². The zero-order chi connectivity index (χ0) is 14.7. The van der Waals surface area contributed by atoms with Crippen LogP contribution in [0.2, 0.25) is 0 Å². The molecule has 19 heavy (non-hydrogen) atoms. The molecule has 106 valence electrons. The summed E-state index contributed by atoms with van der Waals surface area (Å²) in [5.41, 5.74) is 0.751. The van der Waals surface area contributed by atoms with E-state index in [1.807, 2.05) is 32.0 Å². The number of hydrogen-bond acceptors (Lipinski definition) is 2. The Labute approximate surface area is 116 Å². The number of nitrogens with zero attached hydrogens (tertiary/aromatic N) is 2. The first-order valence-corrected chi connectivity index (χ1v) is 7.11. The average Bonchev–Trinajstić information content (AvgIpc) is 2.47. The first-order chi connectivity index (χ1) is 9.20. The van der Waals surface area contributed by atoms with Gasteiger partial charge in [-0.05, 0) is 12.1 Å². The van der Waals surface area contributed by atoms with Crippen LogP contribution in [0.15, 0.2) is 35.4 Å². The molecule has 1 heterocycles. The molecule has 2 aromatic rings. The number of aromatic nitrogens is 2. The molecule has 0 amide bonds. The number of para-hydroxylation sites is 1. The van der Waals surface area contributed by atoms with Crippen LogP contribution in [0.4, 0.5) is 0 Å². The Morgan fingerprint density at radius 3 is 2.21 bits per heavy atom. The first kappa shape index (κ1) is 17.4. The average molecular weight is 262 g/mol. The van der Waals surface area contributed by atoms with Crippen LogP contribution < -0.4 is 5.56 Å². The lowest BCUT2D eigenvalue weighted by Gasteiger charge is -1.97. The van der Waals surface area contributed by atoms with E-state index in [0.717, 1.165) is 5.52 Å². The summed E-state index contributed by atoms with van der Waals surface area (Å²) in [5, 5.41) is 0.669. The first-order valence-electron chi connectivity index (χ1n) is 7.11. The molecule has 0 saturated heterocycles. The molecule has 0 saturated carbocycles. The van der Waals surface area contributed by atoms with E-state index in [1.165, 1.54) is 30.2 Å². The number of fused-ring (bicyclic) bond motifs is 1. The molecule has 1 aromatic carbocycles. The molecule has 0 unspecified atom stereocenters. The maximum absolute atomic E-state index is 11.5. The second kappa shape index (κ2) is 10.3. The van der Waals surface area contributed by atoms with E-state index in [4.69, 9.17) is 0 Å². The third-order valence-corrected chi connectivity index (χ3v) is 2.53. The quantitative estimate of drug-likeness (QED) is 0.814. The molecule has 0 N–H and O–H groups in total. The van der Waals surface area contributed by atoms with E-state index in [-0.39, 0.29) is 5.56 Å². The van der Waals surface area contributed by atoms with Gasteiger partial charge in [0.1, 0.15) is 0 Å². The van der Waals surface area contributed by atoms with Crippen LogP contribution in [0.25, 0.3) is 10.9 Å². The van der Waals surface area contributed by atoms with Crippen molar-refractivity contribution >= 4 is 10.9 Å². The molecule has 0 aliphatic heterocycles. The highest BCUT2D eigenvalue weighted by atomic mass is 16.1. The molecule has 0 atom stereocenters. The van der Waals surface area contributed by atoms with Gasteiger partial charge in [-0.15, -0.1) is 0 Å². The van der Waals surface area contributed by atoms with Crippen molar-refractivity contribution in [2.24, 2.45) is 7.05 Å². The number of hydrogen-bond donors (Lipinski definition) is 0. The van der Waals surface area contributed by atoms with Crippen LogP contribution in [0, 0.1) is 0 Å². The van der Waals surface area contributed by atoms with Gasteiger partial charge in [-0.1, -0.05) is 59.1 Å². The van der Waals surface area contributed by atoms with Gasteiger partial charge in [-0.2, -0.15) is 0 Å². The number of rotatable bonds is 2. The topological polar surface area (TPSA) is 34.9 Å². The van der Waals surface area contributed by atoms with Gasteiger partial charge in [0.15, 0.2) is 0 Å². The Morgan fingerprint density at radius 2 is 1.68 bits per heavy atom. The monoisotopic (exact) mass is 262 g/mol. The van der Waals surface area contributed by atoms with Crippen LogP contribution in [0.1, 0.15) is 47.0 Å². The Kier molecular flexibility index (Phi) is 9.41. The van der Waals surface area contributed by atoms with Crippen molar-refractivity contribution in [2.45, 2.75) is 47.0 Å². The molecule has 3 heteroatoms. The van der Waals surface area contributed by atoms with Crippen molar-refractivity contribution in [3.8, 4) is 0 Å². The van der Waals surface area contributed by atoms with Gasteiger partial charge in [0, 0.05) is 7.05 Å². The molecule has 0 radical (unpaired) electrons. The predicted molar refractivity (Wildman–Crippen MR) is 83.5 cm³/mol. The highest BCUT2D eigenvalue weighted by Crippen LogP contribution is 2.03. The lowest BCUT2D eigenvalue weighted by atomic mass is 10.2. The zero-order valence-corrected chi connectivity index (χ0v) is 12.8. The van der Waals surface area contributed by atoms with Gasteiger partial charge in [0.05, 0.1) is 17.2 Å². The Morgan fingerprint density at radius 1 is 1.11 bits per heavy atom. The van der Waals surface area contributed by atoms with Crippen LogP contribution in [0.5, 0.6) is 0 Å². The molecule has 3 nitrogen and oxygen atoms in total. The molecule has 1 aromatic heterocycles. The fourth-order valence-corrected chi connectivity index (χ4v) is 1.51. The molecule has 0 spiro atoms. The lowest BCUT2D eigenvalue weighted by molar-refractivity contribution is 0.772. The summed E-state index contributed by atoms with van der Waals surface area (Å²) in [6.45, 7) is 8.42. The third-order valence-electron chi connectivity index (χ3n) is 2.53. The van der Waals surface area contributed by atoms with E-state index in [1.54, 1.807) is 13.1 Å². The summed E-state index contributed by atoms with van der Waals surface area (Å²) < 4.78 is 1.47. The highest BCUT2D eigenvalue weighted by Gasteiger charge is 1.98. The Hall–Kier alpha value is -1.64. The molecular weight excluding hydrogens is 236 g/mol. The number of benzene rings is 1. The summed E-state index contributed by atoms with van der Waals surface area (Å²) >= 11 is 0. The lowest BCUT2D eigenvalue weighted by Crippen LogP contribution is -2.16. The summed E-state index contributed by atoms with van der Waals surface area (Å²) in [7, 11) is 1.70. The van der Waals surface area contributed by atoms with E-state index < -0.39 is 0 Å². The van der Waals surface area contributed by atoms with Crippen molar-refractivity contribution in [3.05, 3.63) is 40.9 Å². The fourth-order valence-electron chi connectivity index (χ4n) is 1.51. The van der Waals surface area contributed by atoms with Crippen LogP contribution in [-0.2, 0) is 7.05 Å². The van der Waals surface area contributed by atoms with E-state index in [9.17, 15) is 4.79 Å². The summed E-state index contributed by atoms with van der Waals surface area (Å²) in [6.07, 6.45) is 5.61. The minimum atomic E-state index is 0.000556. The normalized spacial score (nSPS) is 9.11. The van der Waals surface area contributed by atoms with Crippen molar-refractivity contribution < 1.29 is 0 Å². The molecular formula is C16H26N2O. The van der Waals surface area contributed by atoms with Crippen LogP contribution >= 0.6 is 0 Å². The van der Waals surface area contributed by atoms with Crippen molar-refractivity contribution in [3.63, 3.8) is 0 Å². The number of aryl methyl sites for hydroxylation is 1. The minimum absolute atomic E-state index is 0.000556. The molecule has 0 bridgehead atoms. The number of unbranched alkanes of at least 4 members (excludes halogenated alkanes) is 2. The smallest absolute Gasteiger partial charge is 0.260 e. The Bertz CT molecular complexity index is 515. The summed E-state index contributed by atoms with van der Waals surface area (Å²) in [4.78, 5) is 15.6. The maximum Gasteiger partial charge on any atom is 0.260 e. The van der Waals surface area contributed by atoms with E-state index in [2.05, 4.69) is 18.8 Å². The van der Waals surface area contributed by atoms with Gasteiger partial charge in [-0.3, -0.25) is 4.79 Å². The zero-order valence-electron chi connectivity index (χ0n) is 12.8. The van der Waals surface area contributed by atoms with Crippen molar-refractivity contribution in [1.82, 2.24) is 9.55 Å². The van der Waals surface area contributed by atoms with Crippen LogP contribution in [-0.4, -0.2) is 9.55 Å². The van der Waals surface area contributed by atoms with Crippen molar-refractivity contribution in [2.75, 3.05) is 0 Å². The van der Waals surface area contributed by atoms with E-state index >= 15 is 0 Å². The van der Waals surface area contributed by atoms with Gasteiger partial charge in [-0.25, -0.2) is 4.98 Å². The molecule has 0 aliphatic carbocycles. The second-order valence-electron chi connectivity index (χ2n) is 4.03. The standard InChI is InChI=1S/C9H8N2O.C5H12.C2H6/c1-11-6-10-8-5-3-2-4-7(8)9(11)12;1-3-5-4-2;1-2/h2-6H,1H3;3-5H2,1-2H3;1-2H3. The largest absolute Gasteiger partial charge is 0.302 e. The molecule has 0 fully saturated rings. The van der Waals surface area contributed by atoms with Gasteiger partial charge in [0.2, 0.25) is 0 Å². The Balaban J connectivity index is 0.000000396. The van der Waals surface area contributed by atoms with Crippen molar-refractivity contribution in [1.29, 1.82) is 0 Å². The van der Waals surface area contributed by atoms with Gasteiger partial charge >= 0.3 is 0 Å². The van der Waals surface area contributed by atoms with E-state index in [0.29, 0.717) is 5.39 Å². The fraction of sp³-hybridized carbons (Fsp3) is 0.500. The summed E-state index contributed by atoms with van der Waals surface area (Å²) in [5.74, 6) is 0. The molecule has 2 rings (SSSR count). The second-order valence-corrected chi connectivity index (χ2v) is 4.03. The summed E-state index contributed by atoms with van der Waals surface area (Å²) in [6, 6.07) is 7.32. The third kappa shape index (κ3) is 5.69. The van der Waals surface area contributed by atoms with Gasteiger partial charge in [0.25, 0.3) is 5.56 Å². The SMILES string of the molecule is CC.CCCCC.Cn1cnc2ccccc2c1=O. The maximum atomic E-state index is 11.5.